The quantitative estimate of drug-likeness (QED) is 0.296. The van der Waals surface area contributed by atoms with Crippen LogP contribution in [-0.2, 0) is 10.2 Å². The zero-order valence-corrected chi connectivity index (χ0v) is 24.0. The van der Waals surface area contributed by atoms with Crippen LogP contribution in [0.1, 0.15) is 43.0 Å². The van der Waals surface area contributed by atoms with Gasteiger partial charge in [0.1, 0.15) is 22.8 Å². The van der Waals surface area contributed by atoms with E-state index in [1.165, 1.54) is 6.07 Å². The van der Waals surface area contributed by atoms with Crippen LogP contribution in [0, 0.1) is 29.0 Å². The van der Waals surface area contributed by atoms with Crippen LogP contribution in [0.25, 0.3) is 22.4 Å². The van der Waals surface area contributed by atoms with Crippen molar-refractivity contribution in [1.29, 1.82) is 5.26 Å². The first-order valence-corrected chi connectivity index (χ1v) is 14.8. The number of ether oxygens (including phenoxy) is 1. The summed E-state index contributed by atoms with van der Waals surface area (Å²) in [5.74, 6) is 0.542. The zero-order valence-electron chi connectivity index (χ0n) is 23.2. The first-order valence-electron chi connectivity index (χ1n) is 14.4. The number of halogens is 2. The van der Waals surface area contributed by atoms with Gasteiger partial charge in [0, 0.05) is 37.2 Å². The Kier molecular flexibility index (Phi) is 6.91. The first-order chi connectivity index (χ1) is 20.9. The maximum absolute atomic E-state index is 15.1. The lowest BCUT2D eigenvalue weighted by molar-refractivity contribution is -0.0368. The van der Waals surface area contributed by atoms with Gasteiger partial charge in [-0.15, -0.1) is 0 Å². The predicted molar refractivity (Wildman–Crippen MR) is 157 cm³/mol. The third-order valence-corrected chi connectivity index (χ3v) is 9.54. The molecule has 0 spiro atoms. The van der Waals surface area contributed by atoms with E-state index in [4.69, 9.17) is 31.4 Å². The maximum Gasteiger partial charge on any atom is 0.404 e. The van der Waals surface area contributed by atoms with Crippen LogP contribution in [-0.4, -0.2) is 57.2 Å². The summed E-state index contributed by atoms with van der Waals surface area (Å²) in [6, 6.07) is 13.9. The number of piperidine rings is 1. The van der Waals surface area contributed by atoms with E-state index < -0.39 is 11.5 Å². The fourth-order valence-corrected chi connectivity index (χ4v) is 7.40. The second-order valence-corrected chi connectivity index (χ2v) is 11.9. The number of hydrogen-bond acceptors (Lipinski definition) is 7. The maximum atomic E-state index is 15.1. The Bertz CT molecular complexity index is 1770. The van der Waals surface area contributed by atoms with Gasteiger partial charge in [0.15, 0.2) is 11.9 Å². The number of aromatic nitrogens is 4. The van der Waals surface area contributed by atoms with Gasteiger partial charge >= 0.3 is 6.09 Å². The van der Waals surface area contributed by atoms with Crippen molar-refractivity contribution in [2.24, 2.45) is 11.8 Å². The first kappa shape index (κ1) is 27.6. The SMILES string of the molecule is N#Cc1ccc(-c2nn(C3CCCCO3)c3nc(N4CC[C@@H]5[C@H](C4)[C@@]5(CNC(=O)O)c4ccccc4F)cnc23)c(Cl)c1. The zero-order chi connectivity index (χ0) is 29.7. The van der Waals surface area contributed by atoms with E-state index in [-0.39, 0.29) is 30.4 Å². The minimum Gasteiger partial charge on any atom is -0.465 e. The van der Waals surface area contributed by atoms with Gasteiger partial charge in [-0.2, -0.15) is 10.4 Å². The van der Waals surface area contributed by atoms with E-state index >= 15 is 4.39 Å². The van der Waals surface area contributed by atoms with Crippen molar-refractivity contribution in [2.45, 2.75) is 37.3 Å². The minimum absolute atomic E-state index is 0.0436. The summed E-state index contributed by atoms with van der Waals surface area (Å²) in [4.78, 5) is 23.5. The van der Waals surface area contributed by atoms with Gasteiger partial charge in [-0.25, -0.2) is 23.8 Å². The standard InChI is InChI=1S/C31H29ClFN7O3/c32-23-13-18(14-34)8-9-19(23)27-28-29(40(38-27)26-7-3-4-12-43-26)37-25(15-35-28)39-11-10-20-22(16-39)31(20,17-36-30(41)42)21-5-1-2-6-24(21)33/h1-2,5-6,8-9,13,15,20,22,26,36H,3-4,7,10-12,16-17H2,(H,41,42)/t20-,22+,26?,31-/m1/s1. The summed E-state index contributed by atoms with van der Waals surface area (Å²) in [6.07, 6.45) is 3.85. The van der Waals surface area contributed by atoms with Gasteiger partial charge in [-0.3, -0.25) is 0 Å². The van der Waals surface area contributed by atoms with Crippen molar-refractivity contribution in [3.8, 4) is 17.3 Å². The van der Waals surface area contributed by atoms with E-state index in [9.17, 15) is 15.2 Å². The molecule has 4 heterocycles. The summed E-state index contributed by atoms with van der Waals surface area (Å²) in [5, 5.41) is 26.5. The van der Waals surface area contributed by atoms with Crippen molar-refractivity contribution in [1.82, 2.24) is 25.1 Å². The van der Waals surface area contributed by atoms with Crippen molar-refractivity contribution >= 4 is 34.7 Å². The molecule has 0 bridgehead atoms. The molecule has 2 aliphatic heterocycles. The number of fused-ring (bicyclic) bond motifs is 2. The molecular formula is C31H29ClFN7O3. The smallest absolute Gasteiger partial charge is 0.404 e. The average Bonchev–Trinajstić information content (AvgIpc) is 3.52. The van der Waals surface area contributed by atoms with E-state index in [0.29, 0.717) is 64.1 Å². The minimum atomic E-state index is -1.12. The van der Waals surface area contributed by atoms with Gasteiger partial charge in [0.05, 0.1) is 22.9 Å². The van der Waals surface area contributed by atoms with Crippen LogP contribution in [0.3, 0.4) is 0 Å². The molecule has 1 amide bonds. The summed E-state index contributed by atoms with van der Waals surface area (Å²) >= 11 is 6.59. The normalized spacial score (nSPS) is 24.8. The highest BCUT2D eigenvalue weighted by atomic mass is 35.5. The van der Waals surface area contributed by atoms with Gasteiger partial charge in [-0.05, 0) is 67.3 Å². The largest absolute Gasteiger partial charge is 0.465 e. The number of hydrogen-bond donors (Lipinski definition) is 2. The lowest BCUT2D eigenvalue weighted by Gasteiger charge is -2.27. The van der Waals surface area contributed by atoms with Gasteiger partial charge in [0.25, 0.3) is 0 Å². The second kappa shape index (κ2) is 10.8. The molecule has 3 aliphatic rings. The van der Waals surface area contributed by atoms with Crippen LogP contribution < -0.4 is 10.2 Å². The number of carboxylic acid groups (broad SMARTS) is 1. The number of nitrogens with one attached hydrogen (secondary N) is 1. The molecule has 3 fully saturated rings. The van der Waals surface area contributed by atoms with E-state index in [2.05, 4.69) is 16.3 Å². The average molecular weight is 602 g/mol. The molecule has 220 valence electrons. The van der Waals surface area contributed by atoms with E-state index in [1.807, 2.05) is 0 Å². The van der Waals surface area contributed by atoms with Crippen molar-refractivity contribution in [3.05, 3.63) is 70.6 Å². The molecule has 2 N–H and O–H groups in total. The van der Waals surface area contributed by atoms with Crippen LogP contribution >= 0.6 is 11.6 Å². The highest BCUT2D eigenvalue weighted by Gasteiger charge is 2.67. The Morgan fingerprint density at radius 2 is 2.09 bits per heavy atom. The number of amides is 1. The number of rotatable bonds is 6. The van der Waals surface area contributed by atoms with Crippen LogP contribution in [0.2, 0.25) is 5.02 Å². The summed E-state index contributed by atoms with van der Waals surface area (Å²) in [6.45, 7) is 2.04. The molecule has 2 aromatic heterocycles. The fraction of sp³-hybridized carbons (Fsp3) is 0.387. The van der Waals surface area contributed by atoms with E-state index in [1.54, 1.807) is 47.3 Å². The highest BCUT2D eigenvalue weighted by Crippen LogP contribution is 2.63. The van der Waals surface area contributed by atoms with Crippen LogP contribution in [0.4, 0.5) is 15.0 Å². The molecule has 1 aliphatic carbocycles. The topological polar surface area (TPSA) is 129 Å². The summed E-state index contributed by atoms with van der Waals surface area (Å²) in [5.41, 5.74) is 2.77. The number of nitrogens with zero attached hydrogens (tertiary/aromatic N) is 6. The van der Waals surface area contributed by atoms with Gasteiger partial charge in [0.2, 0.25) is 0 Å². The number of carbonyl (C=O) groups is 1. The van der Waals surface area contributed by atoms with Gasteiger partial charge in [-0.1, -0.05) is 29.8 Å². The Morgan fingerprint density at radius 3 is 2.84 bits per heavy atom. The van der Waals surface area contributed by atoms with Crippen LogP contribution in [0.5, 0.6) is 0 Å². The molecule has 43 heavy (non-hydrogen) atoms. The highest BCUT2D eigenvalue weighted by molar-refractivity contribution is 6.33. The molecule has 2 aromatic carbocycles. The lowest BCUT2D eigenvalue weighted by atomic mass is 9.90. The summed E-state index contributed by atoms with van der Waals surface area (Å²) < 4.78 is 22.9. The molecule has 12 heteroatoms. The third-order valence-electron chi connectivity index (χ3n) is 9.23. The molecule has 7 rings (SSSR count). The van der Waals surface area contributed by atoms with Crippen molar-refractivity contribution < 1.29 is 19.0 Å². The van der Waals surface area contributed by atoms with Crippen molar-refractivity contribution in [3.63, 3.8) is 0 Å². The number of benzene rings is 2. The lowest BCUT2D eigenvalue weighted by Crippen LogP contribution is -2.35. The molecule has 1 saturated carbocycles. The molecule has 1 unspecified atom stereocenters. The second-order valence-electron chi connectivity index (χ2n) is 11.4. The monoisotopic (exact) mass is 601 g/mol. The molecule has 4 aromatic rings. The Hall–Kier alpha value is -4.27. The molecule has 0 radical (unpaired) electrons. The number of anilines is 1. The predicted octanol–water partition coefficient (Wildman–Crippen LogP) is 5.52. The fourth-order valence-electron chi connectivity index (χ4n) is 7.13. The van der Waals surface area contributed by atoms with Gasteiger partial charge < -0.3 is 20.1 Å². The van der Waals surface area contributed by atoms with Crippen LogP contribution in [0.15, 0.2) is 48.7 Å². The molecule has 2 saturated heterocycles. The summed E-state index contributed by atoms with van der Waals surface area (Å²) in [7, 11) is 0. The van der Waals surface area contributed by atoms with Crippen molar-refractivity contribution in [2.75, 3.05) is 31.1 Å². The molecule has 10 nitrogen and oxygen atoms in total. The Labute approximate surface area is 252 Å². The third kappa shape index (κ3) is 4.65. The molecule has 4 atom stereocenters. The molecular weight excluding hydrogens is 573 g/mol. The Balaban J connectivity index is 1.25. The van der Waals surface area contributed by atoms with E-state index in [0.717, 1.165) is 25.7 Å². The number of nitriles is 1. The Morgan fingerprint density at radius 1 is 1.23 bits per heavy atom.